The molecule has 8 nitrogen and oxygen atoms in total. The van der Waals surface area contributed by atoms with Gasteiger partial charge in [-0.15, -0.1) is 11.3 Å². The van der Waals surface area contributed by atoms with Crippen LogP contribution in [0, 0.1) is 12.8 Å². The summed E-state index contributed by atoms with van der Waals surface area (Å²) in [5.41, 5.74) is 0.891. The fraction of sp³-hybridized carbons (Fsp3) is 0.350. The van der Waals surface area contributed by atoms with Gasteiger partial charge in [0.1, 0.15) is 16.1 Å². The number of rotatable bonds is 6. The SMILES string of the molecule is Cc1nc(C(NC(=O)C2CCN(S(=O)(=O)c3cccs3)CC2)c2ccccc2)n[nH]1. The number of hydrogen-bond acceptors (Lipinski definition) is 6. The van der Waals surface area contributed by atoms with E-state index in [2.05, 4.69) is 20.5 Å². The van der Waals surface area contributed by atoms with Crippen molar-refractivity contribution in [2.75, 3.05) is 13.1 Å². The Morgan fingerprint density at radius 1 is 1.20 bits per heavy atom. The van der Waals surface area contributed by atoms with Gasteiger partial charge in [-0.2, -0.15) is 9.40 Å². The summed E-state index contributed by atoms with van der Waals surface area (Å²) in [6.45, 7) is 2.46. The Labute approximate surface area is 179 Å². The van der Waals surface area contributed by atoms with Crippen LogP contribution in [0.4, 0.5) is 0 Å². The lowest BCUT2D eigenvalue weighted by molar-refractivity contribution is -0.126. The number of aromatic nitrogens is 3. The molecule has 1 aliphatic heterocycles. The number of nitrogens with one attached hydrogen (secondary N) is 2. The van der Waals surface area contributed by atoms with Crippen molar-refractivity contribution in [1.82, 2.24) is 24.8 Å². The summed E-state index contributed by atoms with van der Waals surface area (Å²) in [6.07, 6.45) is 0.954. The molecule has 2 aromatic heterocycles. The molecule has 10 heteroatoms. The molecule has 1 amide bonds. The smallest absolute Gasteiger partial charge is 0.252 e. The zero-order chi connectivity index (χ0) is 21.1. The number of nitrogens with zero attached hydrogens (tertiary/aromatic N) is 3. The fourth-order valence-electron chi connectivity index (χ4n) is 3.59. The minimum atomic E-state index is -3.48. The summed E-state index contributed by atoms with van der Waals surface area (Å²) >= 11 is 1.21. The molecule has 0 aliphatic carbocycles. The quantitative estimate of drug-likeness (QED) is 0.606. The molecular formula is C20H23N5O3S2. The maximum absolute atomic E-state index is 13.0. The standard InChI is InChI=1S/C20H23N5O3S2/c1-14-21-19(24-23-14)18(15-6-3-2-4-7-15)22-20(26)16-9-11-25(12-10-16)30(27,28)17-8-5-13-29-17/h2-8,13,16,18H,9-12H2,1H3,(H,22,26)(H,21,23,24). The van der Waals surface area contributed by atoms with Gasteiger partial charge in [-0.3, -0.25) is 9.89 Å². The Kier molecular flexibility index (Phi) is 5.98. The molecule has 0 saturated carbocycles. The zero-order valence-electron chi connectivity index (χ0n) is 16.5. The average molecular weight is 446 g/mol. The average Bonchev–Trinajstić information content (AvgIpc) is 3.45. The topological polar surface area (TPSA) is 108 Å². The second kappa shape index (κ2) is 8.66. The van der Waals surface area contributed by atoms with Crippen molar-refractivity contribution in [3.05, 3.63) is 65.1 Å². The number of hydrogen-bond donors (Lipinski definition) is 2. The van der Waals surface area contributed by atoms with E-state index < -0.39 is 16.1 Å². The molecule has 0 spiro atoms. The summed E-state index contributed by atoms with van der Waals surface area (Å²) in [7, 11) is -3.48. The minimum absolute atomic E-state index is 0.112. The van der Waals surface area contributed by atoms with Crippen LogP contribution >= 0.6 is 11.3 Å². The highest BCUT2D eigenvalue weighted by Crippen LogP contribution is 2.27. The van der Waals surface area contributed by atoms with Crippen molar-refractivity contribution >= 4 is 27.3 Å². The number of thiophene rings is 1. The van der Waals surface area contributed by atoms with Gasteiger partial charge in [-0.1, -0.05) is 36.4 Å². The second-order valence-corrected chi connectivity index (χ2v) is 10.4. The number of H-pyrrole nitrogens is 1. The van der Waals surface area contributed by atoms with Crippen LogP contribution in [0.1, 0.15) is 36.1 Å². The zero-order valence-corrected chi connectivity index (χ0v) is 18.1. The van der Waals surface area contributed by atoms with E-state index in [4.69, 9.17) is 0 Å². The Morgan fingerprint density at radius 2 is 1.93 bits per heavy atom. The second-order valence-electron chi connectivity index (χ2n) is 7.24. The van der Waals surface area contributed by atoms with Gasteiger partial charge in [0.25, 0.3) is 10.0 Å². The van der Waals surface area contributed by atoms with Crippen LogP contribution in [0.3, 0.4) is 0 Å². The van der Waals surface area contributed by atoms with Crippen LogP contribution < -0.4 is 5.32 Å². The van der Waals surface area contributed by atoms with E-state index in [1.807, 2.05) is 37.3 Å². The summed E-state index contributed by atoms with van der Waals surface area (Å²) < 4.78 is 27.2. The van der Waals surface area contributed by atoms with E-state index in [1.54, 1.807) is 17.5 Å². The molecule has 1 fully saturated rings. The van der Waals surface area contributed by atoms with Gasteiger partial charge in [0.2, 0.25) is 5.91 Å². The van der Waals surface area contributed by atoms with Gasteiger partial charge in [0.15, 0.2) is 5.82 Å². The molecule has 1 saturated heterocycles. The van der Waals surface area contributed by atoms with Crippen molar-refractivity contribution in [3.8, 4) is 0 Å². The molecule has 3 aromatic rings. The van der Waals surface area contributed by atoms with Crippen molar-refractivity contribution in [2.45, 2.75) is 30.0 Å². The molecule has 0 radical (unpaired) electrons. The molecule has 1 aliphatic rings. The van der Waals surface area contributed by atoms with Crippen molar-refractivity contribution < 1.29 is 13.2 Å². The molecule has 0 bridgehead atoms. The number of aryl methyl sites for hydroxylation is 1. The summed E-state index contributed by atoms with van der Waals surface area (Å²) in [6, 6.07) is 12.4. The number of piperidine rings is 1. The Hall–Kier alpha value is -2.56. The molecule has 1 atom stereocenters. The van der Waals surface area contributed by atoms with Crippen LogP contribution in [0.15, 0.2) is 52.1 Å². The van der Waals surface area contributed by atoms with Crippen LogP contribution in [-0.4, -0.2) is 46.9 Å². The first-order valence-corrected chi connectivity index (χ1v) is 12.0. The number of carbonyl (C=O) groups is 1. The Balaban J connectivity index is 1.44. The van der Waals surface area contributed by atoms with Crippen molar-refractivity contribution in [1.29, 1.82) is 0 Å². The van der Waals surface area contributed by atoms with Crippen LogP contribution in [0.5, 0.6) is 0 Å². The first kappa shape index (κ1) is 20.7. The molecule has 1 aromatic carbocycles. The van der Waals surface area contributed by atoms with E-state index in [0.717, 1.165) is 5.56 Å². The number of aromatic amines is 1. The molecule has 1 unspecified atom stereocenters. The first-order chi connectivity index (χ1) is 14.4. The maximum Gasteiger partial charge on any atom is 0.252 e. The molecule has 2 N–H and O–H groups in total. The number of benzene rings is 1. The lowest BCUT2D eigenvalue weighted by atomic mass is 9.96. The lowest BCUT2D eigenvalue weighted by Crippen LogP contribution is -2.43. The summed E-state index contributed by atoms with van der Waals surface area (Å²) in [5, 5.41) is 11.9. The molecule has 3 heterocycles. The highest BCUT2D eigenvalue weighted by Gasteiger charge is 2.33. The number of carbonyl (C=O) groups excluding carboxylic acids is 1. The predicted octanol–water partition coefficient (Wildman–Crippen LogP) is 2.48. The van der Waals surface area contributed by atoms with Crippen LogP contribution in [0.25, 0.3) is 0 Å². The van der Waals surface area contributed by atoms with Gasteiger partial charge in [0, 0.05) is 19.0 Å². The molecule has 4 rings (SSSR count). The number of sulfonamides is 1. The largest absolute Gasteiger partial charge is 0.342 e. The van der Waals surface area contributed by atoms with Gasteiger partial charge in [0.05, 0.1) is 0 Å². The normalized spacial score (nSPS) is 17.0. The Morgan fingerprint density at radius 3 is 2.53 bits per heavy atom. The minimum Gasteiger partial charge on any atom is -0.342 e. The summed E-state index contributed by atoms with van der Waals surface area (Å²) in [4.78, 5) is 17.4. The molecule has 30 heavy (non-hydrogen) atoms. The Bertz CT molecular complexity index is 1090. The maximum atomic E-state index is 13.0. The molecule has 158 valence electrons. The van der Waals surface area contributed by atoms with Gasteiger partial charge >= 0.3 is 0 Å². The van der Waals surface area contributed by atoms with E-state index in [0.29, 0.717) is 41.8 Å². The van der Waals surface area contributed by atoms with E-state index >= 15 is 0 Å². The highest BCUT2D eigenvalue weighted by molar-refractivity contribution is 7.91. The van der Waals surface area contributed by atoms with Gasteiger partial charge < -0.3 is 5.32 Å². The van der Waals surface area contributed by atoms with Gasteiger partial charge in [-0.05, 0) is 36.8 Å². The summed E-state index contributed by atoms with van der Waals surface area (Å²) in [5.74, 6) is 0.808. The van der Waals surface area contributed by atoms with Crippen molar-refractivity contribution in [2.24, 2.45) is 5.92 Å². The molecular weight excluding hydrogens is 422 g/mol. The van der Waals surface area contributed by atoms with E-state index in [9.17, 15) is 13.2 Å². The van der Waals surface area contributed by atoms with Crippen molar-refractivity contribution in [3.63, 3.8) is 0 Å². The predicted molar refractivity (Wildman–Crippen MR) is 113 cm³/mol. The third-order valence-corrected chi connectivity index (χ3v) is 8.48. The van der Waals surface area contributed by atoms with Crippen LogP contribution in [-0.2, 0) is 14.8 Å². The van der Waals surface area contributed by atoms with Crippen LogP contribution in [0.2, 0.25) is 0 Å². The van der Waals surface area contributed by atoms with E-state index in [1.165, 1.54) is 15.6 Å². The highest BCUT2D eigenvalue weighted by atomic mass is 32.2. The third kappa shape index (κ3) is 4.30. The van der Waals surface area contributed by atoms with E-state index in [-0.39, 0.29) is 11.8 Å². The monoisotopic (exact) mass is 445 g/mol. The third-order valence-electron chi connectivity index (χ3n) is 5.21. The van der Waals surface area contributed by atoms with Gasteiger partial charge in [-0.25, -0.2) is 13.4 Å². The first-order valence-electron chi connectivity index (χ1n) is 9.73. The fourth-order valence-corrected chi connectivity index (χ4v) is 6.20. The number of amides is 1. The lowest BCUT2D eigenvalue weighted by Gasteiger charge is -2.31.